The molecule has 0 saturated heterocycles. The fourth-order valence-electron chi connectivity index (χ4n) is 1.56. The summed E-state index contributed by atoms with van der Waals surface area (Å²) in [6.45, 7) is 0. The van der Waals surface area contributed by atoms with Gasteiger partial charge in [0.2, 0.25) is 0 Å². The minimum atomic E-state index is -0.243. The van der Waals surface area contributed by atoms with Gasteiger partial charge < -0.3 is 9.47 Å². The predicted molar refractivity (Wildman–Crippen MR) is 71.3 cm³/mol. The Morgan fingerprint density at radius 3 is 2.61 bits per heavy atom. The third kappa shape index (κ3) is 3.34. The lowest BCUT2D eigenvalue weighted by molar-refractivity contribution is -0.134. The Morgan fingerprint density at radius 1 is 1.17 bits per heavy atom. The number of hydrogen-bond acceptors (Lipinski definition) is 4. The van der Waals surface area contributed by atoms with Crippen molar-refractivity contribution in [3.63, 3.8) is 0 Å². The van der Waals surface area contributed by atoms with E-state index in [-0.39, 0.29) is 5.97 Å². The number of benzene rings is 1. The first-order valence-corrected chi connectivity index (χ1v) is 6.53. The van der Waals surface area contributed by atoms with E-state index in [1.807, 2.05) is 29.6 Å². The molecule has 1 aromatic heterocycles. The third-order valence-electron chi connectivity index (χ3n) is 2.45. The highest BCUT2D eigenvalue weighted by Crippen LogP contribution is 2.26. The molecule has 2 aromatic rings. The highest BCUT2D eigenvalue weighted by molar-refractivity contribution is 7.09. The number of para-hydroxylation sites is 2. The maximum Gasteiger partial charge on any atom is 0.311 e. The summed E-state index contributed by atoms with van der Waals surface area (Å²) in [6, 6.07) is 11.1. The lowest BCUT2D eigenvalue weighted by Crippen LogP contribution is -2.09. The second-order valence-corrected chi connectivity index (χ2v) is 4.74. The van der Waals surface area contributed by atoms with Crippen LogP contribution in [0.2, 0.25) is 0 Å². The molecule has 0 unspecified atom stereocenters. The van der Waals surface area contributed by atoms with Crippen molar-refractivity contribution in [1.29, 1.82) is 0 Å². The van der Waals surface area contributed by atoms with Crippen molar-refractivity contribution < 1.29 is 14.3 Å². The molecule has 0 atom stereocenters. The van der Waals surface area contributed by atoms with Crippen LogP contribution in [0, 0.1) is 0 Å². The van der Waals surface area contributed by atoms with Crippen LogP contribution in [0.1, 0.15) is 11.3 Å². The average molecular weight is 262 g/mol. The predicted octanol–water partition coefficient (Wildman–Crippen LogP) is 3.29. The van der Waals surface area contributed by atoms with E-state index in [1.165, 1.54) is 4.88 Å². The monoisotopic (exact) mass is 262 g/mol. The first-order chi connectivity index (χ1) is 8.79. The summed E-state index contributed by atoms with van der Waals surface area (Å²) in [5.41, 5.74) is 0. The lowest BCUT2D eigenvalue weighted by Gasteiger charge is -2.08. The number of carbonyl (C=O) groups is 1. The Morgan fingerprint density at radius 2 is 1.94 bits per heavy atom. The minimum absolute atomic E-state index is 0.243. The number of carbonyl (C=O) groups excluding carboxylic acids is 1. The molecule has 18 heavy (non-hydrogen) atoms. The van der Waals surface area contributed by atoms with E-state index in [4.69, 9.17) is 9.47 Å². The number of esters is 1. The van der Waals surface area contributed by atoms with Gasteiger partial charge in [0, 0.05) is 4.88 Å². The van der Waals surface area contributed by atoms with Gasteiger partial charge in [0.25, 0.3) is 0 Å². The van der Waals surface area contributed by atoms with Gasteiger partial charge in [0.15, 0.2) is 11.5 Å². The molecule has 0 amide bonds. The van der Waals surface area contributed by atoms with Gasteiger partial charge in [-0.1, -0.05) is 18.2 Å². The zero-order valence-electron chi connectivity index (χ0n) is 10.1. The lowest BCUT2D eigenvalue weighted by atomic mass is 10.2. The van der Waals surface area contributed by atoms with Crippen LogP contribution in [0.3, 0.4) is 0 Å². The van der Waals surface area contributed by atoms with Crippen molar-refractivity contribution in [1.82, 2.24) is 0 Å². The molecule has 0 N–H and O–H groups in total. The van der Waals surface area contributed by atoms with Crippen molar-refractivity contribution in [2.75, 3.05) is 7.11 Å². The van der Waals surface area contributed by atoms with E-state index in [1.54, 1.807) is 30.6 Å². The quantitative estimate of drug-likeness (QED) is 0.612. The van der Waals surface area contributed by atoms with Crippen molar-refractivity contribution >= 4 is 17.3 Å². The molecule has 2 rings (SSSR count). The summed E-state index contributed by atoms with van der Waals surface area (Å²) in [5, 5.41) is 2.00. The zero-order chi connectivity index (χ0) is 12.8. The van der Waals surface area contributed by atoms with Gasteiger partial charge in [0.1, 0.15) is 0 Å². The second kappa shape index (κ2) is 6.21. The van der Waals surface area contributed by atoms with E-state index < -0.39 is 0 Å². The maximum atomic E-state index is 11.7. The number of methoxy groups -OCH3 is 1. The molecule has 1 heterocycles. The molecule has 4 heteroatoms. The Hall–Kier alpha value is -1.81. The van der Waals surface area contributed by atoms with Crippen LogP contribution >= 0.6 is 11.3 Å². The van der Waals surface area contributed by atoms with Gasteiger partial charge in [0.05, 0.1) is 13.5 Å². The van der Waals surface area contributed by atoms with Gasteiger partial charge in [-0.2, -0.15) is 0 Å². The summed E-state index contributed by atoms with van der Waals surface area (Å²) in [7, 11) is 1.55. The molecule has 0 saturated carbocycles. The van der Waals surface area contributed by atoms with Crippen LogP contribution in [0.4, 0.5) is 0 Å². The fraction of sp³-hybridized carbons (Fsp3) is 0.214. The van der Waals surface area contributed by atoms with Crippen LogP contribution in [-0.2, 0) is 11.2 Å². The third-order valence-corrected chi connectivity index (χ3v) is 3.38. The molecule has 94 valence electrons. The van der Waals surface area contributed by atoms with Gasteiger partial charge in [-0.25, -0.2) is 0 Å². The molecule has 1 aromatic carbocycles. The molecule has 0 bridgehead atoms. The van der Waals surface area contributed by atoms with Gasteiger partial charge in [-0.15, -0.1) is 11.3 Å². The first kappa shape index (κ1) is 12.6. The minimum Gasteiger partial charge on any atom is -0.493 e. The Bertz CT molecular complexity index is 506. The molecular weight excluding hydrogens is 248 g/mol. The number of hydrogen-bond donors (Lipinski definition) is 0. The van der Waals surface area contributed by atoms with Crippen molar-refractivity contribution in [3.05, 3.63) is 46.7 Å². The molecule has 0 radical (unpaired) electrons. The molecule has 0 aliphatic rings. The van der Waals surface area contributed by atoms with Crippen molar-refractivity contribution in [3.8, 4) is 11.5 Å². The summed E-state index contributed by atoms with van der Waals surface area (Å²) >= 11 is 1.65. The molecular formula is C14H14O3S. The average Bonchev–Trinajstić information content (AvgIpc) is 2.90. The smallest absolute Gasteiger partial charge is 0.311 e. The topological polar surface area (TPSA) is 35.5 Å². The number of aryl methyl sites for hydroxylation is 1. The Labute approximate surface area is 110 Å². The molecule has 0 aliphatic heterocycles. The van der Waals surface area contributed by atoms with E-state index in [0.717, 1.165) is 0 Å². The Kier molecular flexibility index (Phi) is 4.36. The zero-order valence-corrected chi connectivity index (χ0v) is 10.9. The Balaban J connectivity index is 1.90. The summed E-state index contributed by atoms with van der Waals surface area (Å²) in [5.74, 6) is 0.797. The normalized spacial score (nSPS) is 10.1. The molecule has 0 aliphatic carbocycles. The van der Waals surface area contributed by atoms with E-state index in [0.29, 0.717) is 24.3 Å². The molecule has 3 nitrogen and oxygen atoms in total. The first-order valence-electron chi connectivity index (χ1n) is 5.65. The van der Waals surface area contributed by atoms with E-state index >= 15 is 0 Å². The SMILES string of the molecule is COc1ccccc1OC(=O)CCc1cccs1. The van der Waals surface area contributed by atoms with E-state index in [2.05, 4.69) is 0 Å². The largest absolute Gasteiger partial charge is 0.493 e. The van der Waals surface area contributed by atoms with Gasteiger partial charge in [-0.3, -0.25) is 4.79 Å². The van der Waals surface area contributed by atoms with Crippen LogP contribution in [0.5, 0.6) is 11.5 Å². The number of rotatable bonds is 5. The van der Waals surface area contributed by atoms with Crippen LogP contribution in [0.25, 0.3) is 0 Å². The van der Waals surface area contributed by atoms with Gasteiger partial charge in [-0.05, 0) is 30.0 Å². The van der Waals surface area contributed by atoms with Crippen molar-refractivity contribution in [2.45, 2.75) is 12.8 Å². The number of thiophene rings is 1. The van der Waals surface area contributed by atoms with E-state index in [9.17, 15) is 4.79 Å². The summed E-state index contributed by atoms with van der Waals surface area (Å²) < 4.78 is 10.4. The maximum absolute atomic E-state index is 11.7. The molecule has 0 fully saturated rings. The van der Waals surface area contributed by atoms with Crippen molar-refractivity contribution in [2.24, 2.45) is 0 Å². The van der Waals surface area contributed by atoms with Crippen LogP contribution < -0.4 is 9.47 Å². The summed E-state index contributed by atoms with van der Waals surface area (Å²) in [4.78, 5) is 12.9. The van der Waals surface area contributed by atoms with Gasteiger partial charge >= 0.3 is 5.97 Å². The highest BCUT2D eigenvalue weighted by atomic mass is 32.1. The standard InChI is InChI=1S/C14H14O3S/c1-16-12-6-2-3-7-13(12)17-14(15)9-8-11-5-4-10-18-11/h2-7,10H,8-9H2,1H3. The highest BCUT2D eigenvalue weighted by Gasteiger charge is 2.09. The van der Waals surface area contributed by atoms with Crippen LogP contribution in [-0.4, -0.2) is 13.1 Å². The summed E-state index contributed by atoms with van der Waals surface area (Å²) in [6.07, 6.45) is 1.09. The number of ether oxygens (including phenoxy) is 2. The fourth-order valence-corrected chi connectivity index (χ4v) is 2.27. The molecule has 0 spiro atoms. The van der Waals surface area contributed by atoms with Crippen LogP contribution in [0.15, 0.2) is 41.8 Å². The second-order valence-electron chi connectivity index (χ2n) is 3.70.